The summed E-state index contributed by atoms with van der Waals surface area (Å²) in [5.41, 5.74) is 1.52. The Bertz CT molecular complexity index is 380. The predicted octanol–water partition coefficient (Wildman–Crippen LogP) is 1.95. The molecule has 0 heterocycles. The van der Waals surface area contributed by atoms with Crippen LogP contribution in [0.4, 0.5) is 8.78 Å². The van der Waals surface area contributed by atoms with Gasteiger partial charge in [0, 0.05) is 0 Å². The third-order valence-corrected chi connectivity index (χ3v) is 1.82. The summed E-state index contributed by atoms with van der Waals surface area (Å²) >= 11 is 0. The molecule has 0 unspecified atom stereocenters. The fraction of sp³-hybridized carbons (Fsp3) is 0.300. The van der Waals surface area contributed by atoms with Gasteiger partial charge in [0.15, 0.2) is 0 Å². The Labute approximate surface area is 86.0 Å². The first-order valence-electron chi connectivity index (χ1n) is 4.44. The zero-order valence-corrected chi connectivity index (χ0v) is 8.43. The number of amides is 1. The molecule has 15 heavy (non-hydrogen) atoms. The molecule has 5 heteroatoms. The second-order valence-electron chi connectivity index (χ2n) is 2.92. The van der Waals surface area contributed by atoms with E-state index in [-0.39, 0.29) is 12.2 Å². The number of carbonyl (C=O) groups is 1. The fourth-order valence-electron chi connectivity index (χ4n) is 1.05. The molecule has 0 atom stereocenters. The average molecular weight is 215 g/mol. The molecule has 0 fully saturated rings. The lowest BCUT2D eigenvalue weighted by Gasteiger charge is -2.07. The molecule has 0 bridgehead atoms. The summed E-state index contributed by atoms with van der Waals surface area (Å²) in [7, 11) is 0. The van der Waals surface area contributed by atoms with Crippen LogP contribution >= 0.6 is 0 Å². The van der Waals surface area contributed by atoms with Crippen LogP contribution in [-0.4, -0.2) is 12.5 Å². The van der Waals surface area contributed by atoms with Crippen LogP contribution in [0, 0.1) is 18.6 Å². The van der Waals surface area contributed by atoms with E-state index in [2.05, 4.69) is 4.84 Å². The van der Waals surface area contributed by atoms with Gasteiger partial charge in [-0.25, -0.2) is 14.3 Å². The molecule has 3 nitrogen and oxygen atoms in total. The summed E-state index contributed by atoms with van der Waals surface area (Å²) in [5.74, 6) is -2.70. The smallest absolute Gasteiger partial charge is 0.274 e. The van der Waals surface area contributed by atoms with Gasteiger partial charge < -0.3 is 0 Å². The number of nitrogens with one attached hydrogen (secondary N) is 1. The average Bonchev–Trinajstić information content (AvgIpc) is 2.21. The third kappa shape index (κ3) is 2.50. The SMILES string of the molecule is CCONC(=O)c1c(F)ccc(C)c1F. The van der Waals surface area contributed by atoms with Crippen molar-refractivity contribution in [2.45, 2.75) is 13.8 Å². The van der Waals surface area contributed by atoms with Crippen LogP contribution in [0.25, 0.3) is 0 Å². The van der Waals surface area contributed by atoms with Crippen molar-refractivity contribution in [3.63, 3.8) is 0 Å². The summed E-state index contributed by atoms with van der Waals surface area (Å²) in [6.45, 7) is 3.32. The van der Waals surface area contributed by atoms with Crippen LogP contribution in [0.2, 0.25) is 0 Å². The van der Waals surface area contributed by atoms with E-state index in [0.717, 1.165) is 6.07 Å². The van der Waals surface area contributed by atoms with Crippen molar-refractivity contribution in [3.05, 3.63) is 34.9 Å². The second kappa shape index (κ2) is 4.84. The van der Waals surface area contributed by atoms with Gasteiger partial charge in [0.05, 0.1) is 6.61 Å². The molecule has 0 aliphatic rings. The number of benzene rings is 1. The summed E-state index contributed by atoms with van der Waals surface area (Å²) in [6, 6.07) is 2.31. The van der Waals surface area contributed by atoms with Crippen LogP contribution in [0.3, 0.4) is 0 Å². The monoisotopic (exact) mass is 215 g/mol. The van der Waals surface area contributed by atoms with E-state index in [9.17, 15) is 13.6 Å². The Hall–Kier alpha value is -1.49. The second-order valence-corrected chi connectivity index (χ2v) is 2.92. The largest absolute Gasteiger partial charge is 0.280 e. The van der Waals surface area contributed by atoms with Gasteiger partial charge in [-0.05, 0) is 25.5 Å². The maximum atomic E-state index is 13.4. The highest BCUT2D eigenvalue weighted by Gasteiger charge is 2.18. The van der Waals surface area contributed by atoms with E-state index in [1.807, 2.05) is 5.48 Å². The molecule has 0 aromatic heterocycles. The first kappa shape index (κ1) is 11.6. The van der Waals surface area contributed by atoms with Gasteiger partial charge in [-0.1, -0.05) is 6.07 Å². The van der Waals surface area contributed by atoms with Gasteiger partial charge in [0.25, 0.3) is 5.91 Å². The number of hydroxylamine groups is 1. The number of hydrogen-bond acceptors (Lipinski definition) is 2. The molecule has 0 aliphatic carbocycles. The molecule has 1 aromatic rings. The molecule has 1 amide bonds. The van der Waals surface area contributed by atoms with Crippen molar-refractivity contribution in [2.75, 3.05) is 6.61 Å². The zero-order valence-electron chi connectivity index (χ0n) is 8.43. The molecule has 0 saturated heterocycles. The molecule has 0 aliphatic heterocycles. The highest BCUT2D eigenvalue weighted by molar-refractivity contribution is 5.94. The Morgan fingerprint density at radius 2 is 2.13 bits per heavy atom. The predicted molar refractivity (Wildman–Crippen MR) is 50.2 cm³/mol. The van der Waals surface area contributed by atoms with Crippen molar-refractivity contribution in [2.24, 2.45) is 0 Å². The summed E-state index contributed by atoms with van der Waals surface area (Å²) in [6.07, 6.45) is 0. The molecule has 0 saturated carbocycles. The van der Waals surface area contributed by atoms with Crippen molar-refractivity contribution in [1.29, 1.82) is 0 Å². The highest BCUT2D eigenvalue weighted by Crippen LogP contribution is 2.15. The summed E-state index contributed by atoms with van der Waals surface area (Å²) < 4.78 is 26.5. The number of carbonyl (C=O) groups excluding carboxylic acids is 1. The van der Waals surface area contributed by atoms with E-state index in [0.29, 0.717) is 0 Å². The van der Waals surface area contributed by atoms with Crippen molar-refractivity contribution in [3.8, 4) is 0 Å². The molecular formula is C10H11F2NO2. The third-order valence-electron chi connectivity index (χ3n) is 1.82. The molecular weight excluding hydrogens is 204 g/mol. The Morgan fingerprint density at radius 1 is 1.47 bits per heavy atom. The van der Waals surface area contributed by atoms with E-state index in [4.69, 9.17) is 0 Å². The lowest BCUT2D eigenvalue weighted by atomic mass is 10.1. The lowest BCUT2D eigenvalue weighted by molar-refractivity contribution is 0.0357. The van der Waals surface area contributed by atoms with E-state index in [1.54, 1.807) is 6.92 Å². The number of hydrogen-bond donors (Lipinski definition) is 1. The first-order chi connectivity index (χ1) is 7.07. The Kier molecular flexibility index (Phi) is 3.74. The number of rotatable bonds is 3. The molecule has 1 aromatic carbocycles. The van der Waals surface area contributed by atoms with Crippen molar-refractivity contribution in [1.82, 2.24) is 5.48 Å². The van der Waals surface area contributed by atoms with E-state index in [1.165, 1.54) is 13.0 Å². The molecule has 82 valence electrons. The van der Waals surface area contributed by atoms with E-state index >= 15 is 0 Å². The first-order valence-corrected chi connectivity index (χ1v) is 4.44. The summed E-state index contributed by atoms with van der Waals surface area (Å²) in [5, 5.41) is 0. The van der Waals surface area contributed by atoms with Crippen LogP contribution in [0.1, 0.15) is 22.8 Å². The van der Waals surface area contributed by atoms with Crippen molar-refractivity contribution >= 4 is 5.91 Å². The standard InChI is InChI=1S/C10H11F2NO2/c1-3-15-13-10(14)8-7(11)5-4-6(2)9(8)12/h4-5H,3H2,1-2H3,(H,13,14). The number of aryl methyl sites for hydroxylation is 1. The lowest BCUT2D eigenvalue weighted by Crippen LogP contribution is -2.26. The normalized spacial score (nSPS) is 10.1. The minimum Gasteiger partial charge on any atom is -0.274 e. The van der Waals surface area contributed by atoms with Gasteiger partial charge in [0.1, 0.15) is 17.2 Å². The maximum absolute atomic E-state index is 13.4. The van der Waals surface area contributed by atoms with Gasteiger partial charge in [-0.2, -0.15) is 0 Å². The van der Waals surface area contributed by atoms with Crippen LogP contribution in [-0.2, 0) is 4.84 Å². The Balaban J connectivity index is 3.02. The minimum atomic E-state index is -0.921. The highest BCUT2D eigenvalue weighted by atomic mass is 19.1. The van der Waals surface area contributed by atoms with Gasteiger partial charge in [-0.3, -0.25) is 9.63 Å². The van der Waals surface area contributed by atoms with Crippen LogP contribution in [0.5, 0.6) is 0 Å². The molecule has 1 N–H and O–H groups in total. The van der Waals surface area contributed by atoms with Crippen LogP contribution in [0.15, 0.2) is 12.1 Å². The van der Waals surface area contributed by atoms with Gasteiger partial charge in [0.2, 0.25) is 0 Å². The van der Waals surface area contributed by atoms with E-state index < -0.39 is 23.1 Å². The zero-order chi connectivity index (χ0) is 11.4. The fourth-order valence-corrected chi connectivity index (χ4v) is 1.05. The maximum Gasteiger partial charge on any atom is 0.280 e. The quantitative estimate of drug-likeness (QED) is 0.782. The van der Waals surface area contributed by atoms with Gasteiger partial charge in [-0.15, -0.1) is 0 Å². The Morgan fingerprint density at radius 3 is 2.73 bits per heavy atom. The minimum absolute atomic E-state index is 0.207. The summed E-state index contributed by atoms with van der Waals surface area (Å²) in [4.78, 5) is 15.8. The molecule has 0 spiro atoms. The molecule has 0 radical (unpaired) electrons. The van der Waals surface area contributed by atoms with Crippen molar-refractivity contribution < 1.29 is 18.4 Å². The topological polar surface area (TPSA) is 38.3 Å². The molecule has 1 rings (SSSR count). The van der Waals surface area contributed by atoms with Crippen LogP contribution < -0.4 is 5.48 Å². The van der Waals surface area contributed by atoms with Gasteiger partial charge >= 0.3 is 0 Å². The number of halogens is 2.